The fourth-order valence-electron chi connectivity index (χ4n) is 2.22. The number of hydrogen-bond donors (Lipinski definition) is 1. The van der Waals surface area contributed by atoms with Gasteiger partial charge in [-0.05, 0) is 31.4 Å². The van der Waals surface area contributed by atoms with Gasteiger partial charge in [-0.15, -0.1) is 0 Å². The van der Waals surface area contributed by atoms with Crippen LogP contribution in [0.1, 0.15) is 30.6 Å². The molecule has 2 N–H and O–H groups in total. The highest BCUT2D eigenvalue weighted by Crippen LogP contribution is 2.20. The van der Waals surface area contributed by atoms with Gasteiger partial charge in [-0.3, -0.25) is 0 Å². The first-order valence-corrected chi connectivity index (χ1v) is 6.75. The number of carbonyl (C=O) groups excluding carboxylic acids is 1. The second kappa shape index (κ2) is 6.02. The molecule has 19 heavy (non-hydrogen) atoms. The maximum absolute atomic E-state index is 11.5. The molecule has 1 aliphatic heterocycles. The van der Waals surface area contributed by atoms with Gasteiger partial charge < -0.3 is 15.4 Å². The van der Waals surface area contributed by atoms with Crippen molar-refractivity contribution in [2.45, 2.75) is 26.3 Å². The quantitative estimate of drug-likeness (QED) is 0.836. The van der Waals surface area contributed by atoms with Gasteiger partial charge in [-0.1, -0.05) is 6.92 Å². The minimum Gasteiger partial charge on any atom is -0.462 e. The Morgan fingerprint density at radius 2 is 2.37 bits per heavy atom. The Labute approximate surface area is 113 Å². The number of pyridine rings is 1. The van der Waals surface area contributed by atoms with Crippen LogP contribution in [-0.2, 0) is 4.74 Å². The van der Waals surface area contributed by atoms with Crippen molar-refractivity contribution in [3.63, 3.8) is 0 Å². The van der Waals surface area contributed by atoms with Crippen LogP contribution in [0.4, 0.5) is 5.82 Å². The summed E-state index contributed by atoms with van der Waals surface area (Å²) in [5.74, 6) is 1.09. The number of carbonyl (C=O) groups is 1. The number of nitrogens with two attached hydrogens (primary N) is 1. The summed E-state index contributed by atoms with van der Waals surface area (Å²) in [5.41, 5.74) is 6.57. The number of piperidine rings is 1. The van der Waals surface area contributed by atoms with Gasteiger partial charge in [0.15, 0.2) is 0 Å². The zero-order chi connectivity index (χ0) is 13.8. The summed E-state index contributed by atoms with van der Waals surface area (Å²) >= 11 is 0. The average Bonchev–Trinajstić information content (AvgIpc) is 2.42. The van der Waals surface area contributed by atoms with Gasteiger partial charge in [0.05, 0.1) is 12.2 Å². The molecule has 0 amide bonds. The van der Waals surface area contributed by atoms with E-state index in [4.69, 9.17) is 10.5 Å². The lowest BCUT2D eigenvalue weighted by molar-refractivity contribution is 0.0526. The Balaban J connectivity index is 2.04. The molecule has 2 rings (SSSR count). The van der Waals surface area contributed by atoms with Crippen LogP contribution in [0.5, 0.6) is 0 Å². The van der Waals surface area contributed by atoms with Gasteiger partial charge in [0, 0.05) is 25.3 Å². The fourth-order valence-corrected chi connectivity index (χ4v) is 2.22. The maximum Gasteiger partial charge on any atom is 0.339 e. The molecule has 1 aromatic heterocycles. The summed E-state index contributed by atoms with van der Waals surface area (Å²) < 4.78 is 4.93. The molecule has 1 aromatic rings. The standard InChI is InChI=1S/C14H21N3O2/c1-3-19-14(18)11-4-5-13(16-8-11)17-7-6-10(2)12(15)9-17/h4-5,8,10,12H,3,6-7,9,15H2,1-2H3. The molecular weight excluding hydrogens is 242 g/mol. The third kappa shape index (κ3) is 3.23. The third-order valence-electron chi connectivity index (χ3n) is 3.60. The SMILES string of the molecule is CCOC(=O)c1ccc(N2CCC(C)C(N)C2)nc1. The van der Waals surface area contributed by atoms with E-state index in [2.05, 4.69) is 16.8 Å². The zero-order valence-corrected chi connectivity index (χ0v) is 11.5. The first-order chi connectivity index (χ1) is 9.11. The molecule has 5 heteroatoms. The summed E-state index contributed by atoms with van der Waals surface area (Å²) in [5, 5.41) is 0. The molecule has 0 saturated carbocycles. The minimum atomic E-state index is -0.328. The van der Waals surface area contributed by atoms with Crippen LogP contribution in [-0.4, -0.2) is 36.7 Å². The van der Waals surface area contributed by atoms with Crippen molar-refractivity contribution in [1.82, 2.24) is 4.98 Å². The van der Waals surface area contributed by atoms with E-state index < -0.39 is 0 Å². The summed E-state index contributed by atoms with van der Waals surface area (Å²) in [6.45, 7) is 6.11. The zero-order valence-electron chi connectivity index (χ0n) is 11.5. The molecule has 104 valence electrons. The molecule has 2 unspecified atom stereocenters. The maximum atomic E-state index is 11.5. The van der Waals surface area contributed by atoms with Gasteiger partial charge in [0.1, 0.15) is 5.82 Å². The van der Waals surface area contributed by atoms with Crippen LogP contribution in [0.2, 0.25) is 0 Å². The lowest BCUT2D eigenvalue weighted by Crippen LogP contribution is -2.47. The molecule has 2 atom stereocenters. The molecule has 0 aromatic carbocycles. The summed E-state index contributed by atoms with van der Waals surface area (Å²) in [4.78, 5) is 18.0. The molecule has 5 nitrogen and oxygen atoms in total. The van der Waals surface area contributed by atoms with Gasteiger partial charge in [-0.25, -0.2) is 9.78 Å². The molecule has 0 bridgehead atoms. The topological polar surface area (TPSA) is 68.5 Å². The van der Waals surface area contributed by atoms with E-state index in [0.29, 0.717) is 18.1 Å². The highest BCUT2D eigenvalue weighted by atomic mass is 16.5. The fraction of sp³-hybridized carbons (Fsp3) is 0.571. The number of rotatable bonds is 3. The van der Waals surface area contributed by atoms with E-state index >= 15 is 0 Å². The van der Waals surface area contributed by atoms with Crippen molar-refractivity contribution in [1.29, 1.82) is 0 Å². The van der Waals surface area contributed by atoms with Crippen molar-refractivity contribution in [2.75, 3.05) is 24.6 Å². The largest absolute Gasteiger partial charge is 0.462 e. The van der Waals surface area contributed by atoms with E-state index in [9.17, 15) is 4.79 Å². The molecule has 1 fully saturated rings. The third-order valence-corrected chi connectivity index (χ3v) is 3.60. The first-order valence-electron chi connectivity index (χ1n) is 6.75. The van der Waals surface area contributed by atoms with Crippen LogP contribution >= 0.6 is 0 Å². The normalized spacial score (nSPS) is 23.2. The second-order valence-electron chi connectivity index (χ2n) is 5.00. The predicted octanol–water partition coefficient (Wildman–Crippen LogP) is 1.43. The summed E-state index contributed by atoms with van der Waals surface area (Å²) in [7, 11) is 0. The molecule has 0 aliphatic carbocycles. The van der Waals surface area contributed by atoms with Crippen molar-refractivity contribution >= 4 is 11.8 Å². The Morgan fingerprint density at radius 1 is 1.58 bits per heavy atom. The first kappa shape index (κ1) is 13.8. The Morgan fingerprint density at radius 3 is 2.95 bits per heavy atom. The van der Waals surface area contributed by atoms with Crippen LogP contribution < -0.4 is 10.6 Å². The van der Waals surface area contributed by atoms with Crippen LogP contribution in [0.3, 0.4) is 0 Å². The van der Waals surface area contributed by atoms with Crippen molar-refractivity contribution in [3.05, 3.63) is 23.9 Å². The number of esters is 1. The molecule has 1 saturated heterocycles. The highest BCUT2D eigenvalue weighted by Gasteiger charge is 2.23. The monoisotopic (exact) mass is 263 g/mol. The molecule has 2 heterocycles. The molecular formula is C14H21N3O2. The van der Waals surface area contributed by atoms with Crippen molar-refractivity contribution in [2.24, 2.45) is 11.7 Å². The van der Waals surface area contributed by atoms with Crippen molar-refractivity contribution in [3.8, 4) is 0 Å². The van der Waals surface area contributed by atoms with Gasteiger partial charge in [0.25, 0.3) is 0 Å². The van der Waals surface area contributed by atoms with Gasteiger partial charge >= 0.3 is 5.97 Å². The average molecular weight is 263 g/mol. The lowest BCUT2D eigenvalue weighted by Gasteiger charge is -2.35. The lowest BCUT2D eigenvalue weighted by atomic mass is 9.94. The van der Waals surface area contributed by atoms with E-state index in [1.165, 1.54) is 0 Å². The van der Waals surface area contributed by atoms with E-state index in [1.54, 1.807) is 19.2 Å². The summed E-state index contributed by atoms with van der Waals surface area (Å²) in [6, 6.07) is 3.79. The highest BCUT2D eigenvalue weighted by molar-refractivity contribution is 5.89. The smallest absolute Gasteiger partial charge is 0.339 e. The number of nitrogens with zero attached hydrogens (tertiary/aromatic N) is 2. The number of anilines is 1. The van der Waals surface area contributed by atoms with Crippen LogP contribution in [0.15, 0.2) is 18.3 Å². The van der Waals surface area contributed by atoms with Crippen LogP contribution in [0.25, 0.3) is 0 Å². The summed E-state index contributed by atoms with van der Waals surface area (Å²) in [6.07, 6.45) is 2.64. The second-order valence-corrected chi connectivity index (χ2v) is 5.00. The van der Waals surface area contributed by atoms with E-state index in [-0.39, 0.29) is 12.0 Å². The van der Waals surface area contributed by atoms with E-state index in [0.717, 1.165) is 25.3 Å². The molecule has 1 aliphatic rings. The minimum absolute atomic E-state index is 0.181. The molecule has 0 radical (unpaired) electrons. The van der Waals surface area contributed by atoms with Crippen LogP contribution in [0, 0.1) is 5.92 Å². The number of hydrogen-bond acceptors (Lipinski definition) is 5. The van der Waals surface area contributed by atoms with Crippen molar-refractivity contribution < 1.29 is 9.53 Å². The Bertz CT molecular complexity index is 433. The number of aromatic nitrogens is 1. The van der Waals surface area contributed by atoms with Gasteiger partial charge in [0.2, 0.25) is 0 Å². The van der Waals surface area contributed by atoms with Gasteiger partial charge in [-0.2, -0.15) is 0 Å². The Kier molecular flexibility index (Phi) is 4.37. The molecule has 0 spiro atoms. The van der Waals surface area contributed by atoms with E-state index in [1.807, 2.05) is 6.07 Å². The predicted molar refractivity (Wildman–Crippen MR) is 74.2 cm³/mol. The number of ether oxygens (including phenoxy) is 1. The Hall–Kier alpha value is -1.62.